The zero-order valence-corrected chi connectivity index (χ0v) is 11.2. The van der Waals surface area contributed by atoms with Crippen LogP contribution in [0.1, 0.15) is 12.5 Å². The van der Waals surface area contributed by atoms with Crippen LogP contribution < -0.4 is 5.32 Å². The third-order valence-corrected chi connectivity index (χ3v) is 3.83. The van der Waals surface area contributed by atoms with Gasteiger partial charge in [-0.1, -0.05) is 28.1 Å². The second-order valence-electron chi connectivity index (χ2n) is 4.68. The Balaban J connectivity index is 1.93. The first kappa shape index (κ1) is 10.8. The lowest BCUT2D eigenvalue weighted by atomic mass is 9.90. The van der Waals surface area contributed by atoms with Crippen LogP contribution in [0.5, 0.6) is 0 Å². The fraction of sp³-hybridized carbons (Fsp3) is 0.308. The summed E-state index contributed by atoms with van der Waals surface area (Å²) in [5.41, 5.74) is 1.23. The lowest BCUT2D eigenvalue weighted by Gasteiger charge is -2.39. The van der Waals surface area contributed by atoms with Gasteiger partial charge in [0.15, 0.2) is 0 Å². The van der Waals surface area contributed by atoms with Gasteiger partial charge in [0.05, 0.1) is 12.1 Å². The molecule has 0 aromatic heterocycles. The van der Waals surface area contributed by atoms with E-state index in [0.717, 1.165) is 23.4 Å². The van der Waals surface area contributed by atoms with Crippen LogP contribution >= 0.6 is 15.9 Å². The molecule has 0 spiro atoms. The first-order valence-corrected chi connectivity index (χ1v) is 6.48. The number of fused-ring (bicyclic) bond motifs is 1. The van der Waals surface area contributed by atoms with Gasteiger partial charge in [-0.25, -0.2) is 4.99 Å². The monoisotopic (exact) mass is 291 g/mol. The minimum atomic E-state index is -0.0546. The van der Waals surface area contributed by atoms with Crippen molar-refractivity contribution in [2.75, 3.05) is 13.1 Å². The van der Waals surface area contributed by atoms with Crippen molar-refractivity contribution in [1.82, 2.24) is 10.2 Å². The number of nitrogens with zero attached hydrogens (tertiary/aromatic N) is 2. The first-order chi connectivity index (χ1) is 8.17. The van der Waals surface area contributed by atoms with Gasteiger partial charge in [-0.3, -0.25) is 0 Å². The van der Waals surface area contributed by atoms with Crippen LogP contribution in [0.2, 0.25) is 0 Å². The molecule has 0 fully saturated rings. The number of hydrogen-bond donors (Lipinski definition) is 1. The summed E-state index contributed by atoms with van der Waals surface area (Å²) < 4.78 is 1.12. The van der Waals surface area contributed by atoms with Gasteiger partial charge in [0.2, 0.25) is 0 Å². The Labute approximate surface area is 109 Å². The molecule has 17 heavy (non-hydrogen) atoms. The minimum Gasteiger partial charge on any atom is -0.377 e. The Kier molecular flexibility index (Phi) is 2.47. The average Bonchev–Trinajstić information content (AvgIpc) is 2.76. The van der Waals surface area contributed by atoms with Crippen molar-refractivity contribution in [2.24, 2.45) is 4.99 Å². The molecule has 0 saturated carbocycles. The maximum absolute atomic E-state index is 4.32. The molecule has 2 aliphatic rings. The predicted molar refractivity (Wildman–Crippen MR) is 72.8 cm³/mol. The minimum absolute atomic E-state index is 0.0546. The van der Waals surface area contributed by atoms with E-state index in [-0.39, 0.29) is 5.54 Å². The fourth-order valence-electron chi connectivity index (χ4n) is 2.34. The summed E-state index contributed by atoms with van der Waals surface area (Å²) in [6.45, 7) is 4.08. The van der Waals surface area contributed by atoms with Crippen LogP contribution in [0.3, 0.4) is 0 Å². The van der Waals surface area contributed by atoms with E-state index >= 15 is 0 Å². The van der Waals surface area contributed by atoms with E-state index in [4.69, 9.17) is 0 Å². The van der Waals surface area contributed by atoms with Crippen molar-refractivity contribution < 1.29 is 0 Å². The Morgan fingerprint density at radius 2 is 2.35 bits per heavy atom. The summed E-state index contributed by atoms with van der Waals surface area (Å²) in [6, 6.07) is 8.46. The van der Waals surface area contributed by atoms with E-state index in [2.05, 4.69) is 62.3 Å². The first-order valence-electron chi connectivity index (χ1n) is 5.69. The number of benzene rings is 1. The number of aliphatic imine (C=N–C) groups is 1. The average molecular weight is 292 g/mol. The number of halogens is 1. The molecule has 1 aromatic rings. The molecule has 0 aliphatic carbocycles. The second kappa shape index (κ2) is 3.88. The molecule has 88 valence electrons. The maximum Gasteiger partial charge on any atom is 0.144 e. The molecule has 0 radical (unpaired) electrons. The highest BCUT2D eigenvalue weighted by molar-refractivity contribution is 9.10. The number of hydrogen-bond acceptors (Lipinski definition) is 3. The largest absolute Gasteiger partial charge is 0.377 e. The van der Waals surface area contributed by atoms with E-state index in [0.29, 0.717) is 0 Å². The maximum atomic E-state index is 4.32. The van der Waals surface area contributed by atoms with Crippen molar-refractivity contribution in [3.63, 3.8) is 0 Å². The molecule has 0 saturated heterocycles. The number of nitrogens with one attached hydrogen (secondary N) is 1. The quantitative estimate of drug-likeness (QED) is 0.861. The van der Waals surface area contributed by atoms with Gasteiger partial charge in [0.25, 0.3) is 0 Å². The summed E-state index contributed by atoms with van der Waals surface area (Å²) in [5.74, 6) is 1.04. The smallest absolute Gasteiger partial charge is 0.144 e. The standard InChI is InChI=1S/C13H14BrN3/c1-13(10-3-2-4-11(14)7-10)9-17-6-5-15-12(17)8-16-13/h2-5,7-8,16H,6,9H2,1H3. The van der Waals surface area contributed by atoms with E-state index < -0.39 is 0 Å². The summed E-state index contributed by atoms with van der Waals surface area (Å²) in [6.07, 6.45) is 3.97. The van der Waals surface area contributed by atoms with E-state index in [1.165, 1.54) is 5.56 Å². The van der Waals surface area contributed by atoms with Gasteiger partial charge < -0.3 is 10.2 Å². The summed E-state index contributed by atoms with van der Waals surface area (Å²) in [4.78, 5) is 6.61. The van der Waals surface area contributed by atoms with Crippen LogP contribution in [-0.4, -0.2) is 24.2 Å². The van der Waals surface area contributed by atoms with Gasteiger partial charge in [0, 0.05) is 23.4 Å². The predicted octanol–water partition coefficient (Wildman–Crippen LogP) is 2.45. The molecule has 3 rings (SSSR count). The molecule has 0 bridgehead atoms. The molecular weight excluding hydrogens is 278 g/mol. The molecular formula is C13H14BrN3. The van der Waals surface area contributed by atoms with Crippen LogP contribution in [0.15, 0.2) is 45.8 Å². The molecule has 2 heterocycles. The molecule has 0 amide bonds. The highest BCUT2D eigenvalue weighted by atomic mass is 79.9. The molecule has 2 aliphatic heterocycles. The van der Waals surface area contributed by atoms with Crippen molar-refractivity contribution in [2.45, 2.75) is 12.5 Å². The van der Waals surface area contributed by atoms with E-state index in [9.17, 15) is 0 Å². The van der Waals surface area contributed by atoms with Gasteiger partial charge in [-0.2, -0.15) is 0 Å². The Hall–Kier alpha value is -1.29. The van der Waals surface area contributed by atoms with Crippen molar-refractivity contribution >= 4 is 22.1 Å². The molecule has 3 nitrogen and oxygen atoms in total. The third kappa shape index (κ3) is 1.86. The SMILES string of the molecule is CC1(c2cccc(Br)c2)CN2CC=NC2=CN1. The van der Waals surface area contributed by atoms with Crippen molar-refractivity contribution in [1.29, 1.82) is 0 Å². The zero-order chi connectivity index (χ0) is 11.9. The van der Waals surface area contributed by atoms with Crippen LogP contribution in [0.25, 0.3) is 0 Å². The molecule has 1 unspecified atom stereocenters. The molecule has 1 aromatic carbocycles. The van der Waals surface area contributed by atoms with Crippen LogP contribution in [0, 0.1) is 0 Å². The summed E-state index contributed by atoms with van der Waals surface area (Å²) in [7, 11) is 0. The Morgan fingerprint density at radius 3 is 3.18 bits per heavy atom. The van der Waals surface area contributed by atoms with Crippen LogP contribution in [0.4, 0.5) is 0 Å². The molecule has 1 N–H and O–H groups in total. The molecule has 1 atom stereocenters. The number of rotatable bonds is 1. The van der Waals surface area contributed by atoms with Gasteiger partial charge >= 0.3 is 0 Å². The van der Waals surface area contributed by atoms with Gasteiger partial charge in [0.1, 0.15) is 5.82 Å². The highest BCUT2D eigenvalue weighted by Gasteiger charge is 2.33. The fourth-order valence-corrected chi connectivity index (χ4v) is 2.74. The normalized spacial score (nSPS) is 26.5. The van der Waals surface area contributed by atoms with E-state index in [1.54, 1.807) is 0 Å². The second-order valence-corrected chi connectivity index (χ2v) is 5.60. The zero-order valence-electron chi connectivity index (χ0n) is 9.65. The molecule has 4 heteroatoms. The summed E-state index contributed by atoms with van der Waals surface area (Å²) in [5, 5.41) is 3.47. The lowest BCUT2D eigenvalue weighted by Crippen LogP contribution is -2.49. The van der Waals surface area contributed by atoms with Crippen molar-refractivity contribution in [3.05, 3.63) is 46.3 Å². The highest BCUT2D eigenvalue weighted by Crippen LogP contribution is 2.30. The van der Waals surface area contributed by atoms with Gasteiger partial charge in [-0.15, -0.1) is 0 Å². The third-order valence-electron chi connectivity index (χ3n) is 3.34. The topological polar surface area (TPSA) is 27.6 Å². The lowest BCUT2D eigenvalue weighted by molar-refractivity contribution is 0.247. The summed E-state index contributed by atoms with van der Waals surface area (Å²) >= 11 is 3.53. The Morgan fingerprint density at radius 1 is 1.47 bits per heavy atom. The van der Waals surface area contributed by atoms with Gasteiger partial charge in [-0.05, 0) is 24.6 Å². The van der Waals surface area contributed by atoms with Crippen LogP contribution in [-0.2, 0) is 5.54 Å². The van der Waals surface area contributed by atoms with Crippen molar-refractivity contribution in [3.8, 4) is 0 Å². The van der Waals surface area contributed by atoms with E-state index in [1.807, 2.05) is 12.4 Å². The Bertz CT molecular complexity index is 509.